The van der Waals surface area contributed by atoms with Crippen molar-refractivity contribution in [3.63, 3.8) is 0 Å². The summed E-state index contributed by atoms with van der Waals surface area (Å²) in [5, 5.41) is 7.33. The second-order valence-corrected chi connectivity index (χ2v) is 5.65. The molecular weight excluding hydrogens is 328 g/mol. The number of pyridine rings is 1. The molecule has 2 heterocycles. The molecule has 0 saturated heterocycles. The van der Waals surface area contributed by atoms with Crippen LogP contribution in [0.15, 0.2) is 47.1 Å². The number of rotatable bonds is 5. The molecule has 1 N–H and O–H groups in total. The summed E-state index contributed by atoms with van der Waals surface area (Å²) in [5.74, 6) is 0.742. The van der Waals surface area contributed by atoms with Crippen LogP contribution in [0.25, 0.3) is 11.4 Å². The smallest absolute Gasteiger partial charge is 0.252 e. The van der Waals surface area contributed by atoms with Gasteiger partial charge in [0.2, 0.25) is 11.7 Å². The van der Waals surface area contributed by atoms with Gasteiger partial charge in [-0.05, 0) is 31.2 Å². The van der Waals surface area contributed by atoms with E-state index in [-0.39, 0.29) is 5.91 Å². The van der Waals surface area contributed by atoms with Crippen LogP contribution in [0, 0.1) is 6.92 Å². The third kappa shape index (κ3) is 3.97. The van der Waals surface area contributed by atoms with Gasteiger partial charge in [-0.2, -0.15) is 4.98 Å². The molecule has 0 aliphatic rings. The standard InChI is InChI=1S/C17H15ClN4O2/c1-11-5-6-13(10-20-11)17(23)19-8-7-15-21-16(22-24-15)12-3-2-4-14(18)9-12/h2-6,9-10H,7-8H2,1H3,(H,19,23). The third-order valence-corrected chi connectivity index (χ3v) is 3.58. The van der Waals surface area contributed by atoms with Crippen molar-refractivity contribution in [3.05, 3.63) is 64.8 Å². The topological polar surface area (TPSA) is 80.9 Å². The number of carbonyl (C=O) groups is 1. The van der Waals surface area contributed by atoms with Crippen molar-refractivity contribution in [1.29, 1.82) is 0 Å². The minimum absolute atomic E-state index is 0.183. The zero-order chi connectivity index (χ0) is 16.9. The molecule has 3 rings (SSSR count). The average Bonchev–Trinajstić information content (AvgIpc) is 3.04. The van der Waals surface area contributed by atoms with E-state index in [2.05, 4.69) is 20.4 Å². The lowest BCUT2D eigenvalue weighted by Crippen LogP contribution is -2.25. The molecule has 2 aromatic heterocycles. The number of benzene rings is 1. The van der Waals surface area contributed by atoms with Crippen molar-refractivity contribution in [2.45, 2.75) is 13.3 Å². The molecule has 0 fully saturated rings. The van der Waals surface area contributed by atoms with Crippen LogP contribution in [0.2, 0.25) is 5.02 Å². The number of carbonyl (C=O) groups excluding carboxylic acids is 1. The molecule has 1 aromatic carbocycles. The highest BCUT2D eigenvalue weighted by atomic mass is 35.5. The summed E-state index contributed by atoms with van der Waals surface area (Å²) in [7, 11) is 0. The molecule has 0 atom stereocenters. The lowest BCUT2D eigenvalue weighted by atomic mass is 10.2. The Bertz CT molecular complexity index is 846. The maximum Gasteiger partial charge on any atom is 0.252 e. The number of hydrogen-bond acceptors (Lipinski definition) is 5. The zero-order valence-electron chi connectivity index (χ0n) is 13.0. The number of amides is 1. The molecule has 0 spiro atoms. The minimum Gasteiger partial charge on any atom is -0.351 e. The summed E-state index contributed by atoms with van der Waals surface area (Å²) in [5.41, 5.74) is 2.17. The van der Waals surface area contributed by atoms with Gasteiger partial charge in [-0.25, -0.2) is 0 Å². The van der Waals surface area contributed by atoms with Gasteiger partial charge >= 0.3 is 0 Å². The predicted octanol–water partition coefficient (Wildman–Crippen LogP) is 3.07. The number of aromatic nitrogens is 3. The lowest BCUT2D eigenvalue weighted by molar-refractivity contribution is 0.0953. The first kappa shape index (κ1) is 16.1. The minimum atomic E-state index is -0.183. The second kappa shape index (κ2) is 7.23. The second-order valence-electron chi connectivity index (χ2n) is 5.22. The van der Waals surface area contributed by atoms with E-state index in [1.807, 2.05) is 19.1 Å². The number of nitrogens with one attached hydrogen (secondary N) is 1. The molecule has 0 saturated carbocycles. The van der Waals surface area contributed by atoms with Crippen molar-refractivity contribution in [3.8, 4) is 11.4 Å². The quantitative estimate of drug-likeness (QED) is 0.770. The summed E-state index contributed by atoms with van der Waals surface area (Å²) in [6.45, 7) is 2.26. The van der Waals surface area contributed by atoms with Crippen LogP contribution in [0.3, 0.4) is 0 Å². The van der Waals surface area contributed by atoms with Gasteiger partial charge in [0, 0.05) is 35.4 Å². The van der Waals surface area contributed by atoms with Gasteiger partial charge in [-0.15, -0.1) is 0 Å². The van der Waals surface area contributed by atoms with E-state index in [0.717, 1.165) is 11.3 Å². The molecular formula is C17H15ClN4O2. The van der Waals surface area contributed by atoms with E-state index in [4.69, 9.17) is 16.1 Å². The van der Waals surface area contributed by atoms with Crippen LogP contribution < -0.4 is 5.32 Å². The Morgan fingerprint density at radius 1 is 1.29 bits per heavy atom. The number of nitrogens with zero attached hydrogens (tertiary/aromatic N) is 3. The Hall–Kier alpha value is -2.73. The highest BCUT2D eigenvalue weighted by molar-refractivity contribution is 6.30. The normalized spacial score (nSPS) is 10.6. The molecule has 7 heteroatoms. The molecule has 0 aliphatic carbocycles. The maximum atomic E-state index is 12.0. The molecule has 0 bridgehead atoms. The van der Waals surface area contributed by atoms with Crippen molar-refractivity contribution in [2.75, 3.05) is 6.54 Å². The molecule has 24 heavy (non-hydrogen) atoms. The first-order valence-corrected chi connectivity index (χ1v) is 7.79. The lowest BCUT2D eigenvalue weighted by Gasteiger charge is -2.03. The van der Waals surface area contributed by atoms with Crippen LogP contribution in [0.5, 0.6) is 0 Å². The number of aryl methyl sites for hydroxylation is 1. The van der Waals surface area contributed by atoms with E-state index in [9.17, 15) is 4.79 Å². The fourth-order valence-electron chi connectivity index (χ4n) is 2.09. The Kier molecular flexibility index (Phi) is 4.86. The fourth-order valence-corrected chi connectivity index (χ4v) is 2.28. The van der Waals surface area contributed by atoms with Crippen LogP contribution in [0.1, 0.15) is 21.9 Å². The van der Waals surface area contributed by atoms with Gasteiger partial charge < -0.3 is 9.84 Å². The molecule has 1 amide bonds. The van der Waals surface area contributed by atoms with Crippen molar-refractivity contribution < 1.29 is 9.32 Å². The van der Waals surface area contributed by atoms with Crippen LogP contribution in [-0.4, -0.2) is 27.6 Å². The molecule has 3 aromatic rings. The molecule has 6 nitrogen and oxygen atoms in total. The summed E-state index contributed by atoms with van der Waals surface area (Å²) >= 11 is 5.95. The zero-order valence-corrected chi connectivity index (χ0v) is 13.7. The van der Waals surface area contributed by atoms with Crippen LogP contribution >= 0.6 is 11.6 Å². The highest BCUT2D eigenvalue weighted by Crippen LogP contribution is 2.19. The van der Waals surface area contributed by atoms with Gasteiger partial charge in [0.15, 0.2) is 0 Å². The number of halogens is 1. The highest BCUT2D eigenvalue weighted by Gasteiger charge is 2.10. The van der Waals surface area contributed by atoms with E-state index in [1.54, 1.807) is 30.5 Å². The van der Waals surface area contributed by atoms with Crippen LogP contribution in [-0.2, 0) is 6.42 Å². The fraction of sp³-hybridized carbons (Fsp3) is 0.176. The van der Waals surface area contributed by atoms with Crippen LogP contribution in [0.4, 0.5) is 0 Å². The summed E-state index contributed by atoms with van der Waals surface area (Å²) in [6, 6.07) is 10.8. The average molecular weight is 343 g/mol. The Balaban J connectivity index is 1.56. The van der Waals surface area contributed by atoms with Crippen molar-refractivity contribution >= 4 is 17.5 Å². The number of hydrogen-bond donors (Lipinski definition) is 1. The third-order valence-electron chi connectivity index (χ3n) is 3.35. The van der Waals surface area contributed by atoms with Gasteiger partial charge in [0.05, 0.1) is 5.56 Å². The summed E-state index contributed by atoms with van der Waals surface area (Å²) < 4.78 is 5.19. The first-order chi connectivity index (χ1) is 11.6. The van der Waals surface area contributed by atoms with E-state index in [1.165, 1.54) is 0 Å². The molecule has 0 unspecified atom stereocenters. The predicted molar refractivity (Wildman–Crippen MR) is 89.8 cm³/mol. The Morgan fingerprint density at radius 3 is 2.92 bits per heavy atom. The summed E-state index contributed by atoms with van der Waals surface area (Å²) in [4.78, 5) is 20.4. The van der Waals surface area contributed by atoms with Gasteiger partial charge in [0.25, 0.3) is 5.91 Å². The van der Waals surface area contributed by atoms with Crippen molar-refractivity contribution in [2.24, 2.45) is 0 Å². The Labute approximate surface area is 143 Å². The van der Waals surface area contributed by atoms with E-state index < -0.39 is 0 Å². The maximum absolute atomic E-state index is 12.0. The SMILES string of the molecule is Cc1ccc(C(=O)NCCc2nc(-c3cccc(Cl)c3)no2)cn1. The Morgan fingerprint density at radius 2 is 2.17 bits per heavy atom. The molecule has 0 aliphatic heterocycles. The van der Waals surface area contributed by atoms with E-state index >= 15 is 0 Å². The van der Waals surface area contributed by atoms with Gasteiger partial charge in [-0.3, -0.25) is 9.78 Å². The first-order valence-electron chi connectivity index (χ1n) is 7.41. The molecule has 122 valence electrons. The largest absolute Gasteiger partial charge is 0.351 e. The summed E-state index contributed by atoms with van der Waals surface area (Å²) in [6.07, 6.45) is 1.99. The van der Waals surface area contributed by atoms with Crippen molar-refractivity contribution in [1.82, 2.24) is 20.4 Å². The van der Waals surface area contributed by atoms with Gasteiger partial charge in [0.1, 0.15) is 0 Å². The monoisotopic (exact) mass is 342 g/mol. The van der Waals surface area contributed by atoms with E-state index in [0.29, 0.717) is 35.3 Å². The van der Waals surface area contributed by atoms with Gasteiger partial charge in [-0.1, -0.05) is 28.9 Å². The molecule has 0 radical (unpaired) electrons.